The summed E-state index contributed by atoms with van der Waals surface area (Å²) in [6.45, 7) is 4.33. The molecule has 0 atom stereocenters. The van der Waals surface area contributed by atoms with Gasteiger partial charge in [-0.1, -0.05) is 18.2 Å². The van der Waals surface area contributed by atoms with Gasteiger partial charge in [0.1, 0.15) is 11.4 Å². The fourth-order valence-corrected chi connectivity index (χ4v) is 2.88. The molecule has 0 radical (unpaired) electrons. The lowest BCUT2D eigenvalue weighted by Gasteiger charge is -2.42. The minimum absolute atomic E-state index is 0.0524. The molecule has 1 heterocycles. The topological polar surface area (TPSA) is 35.2 Å². The predicted octanol–water partition coefficient (Wildman–Crippen LogP) is 3.13. The molecule has 1 fully saturated rings. The first kappa shape index (κ1) is 11.1. The molecule has 0 saturated heterocycles. The van der Waals surface area contributed by atoms with E-state index in [9.17, 15) is 0 Å². The zero-order valence-electron chi connectivity index (χ0n) is 10.8. The third-order valence-electron chi connectivity index (χ3n) is 4.25. The van der Waals surface area contributed by atoms with Gasteiger partial charge >= 0.3 is 0 Å². The van der Waals surface area contributed by atoms with Crippen LogP contribution >= 0.6 is 0 Å². The molecule has 2 aliphatic rings. The number of rotatable bonds is 1. The molecular formula is C15H21NO. The smallest absolute Gasteiger partial charge is 0.128 e. The standard InChI is InChI=1S/C15H21NO/c1-14(2)10-7-11-5-3-6-12(13(11)17-14)15(16)8-4-9-15/h3,5-6H,4,7-10,16H2,1-2H3. The van der Waals surface area contributed by atoms with Crippen molar-refractivity contribution in [2.24, 2.45) is 5.73 Å². The third kappa shape index (κ3) is 1.75. The molecule has 0 aromatic heterocycles. The van der Waals surface area contributed by atoms with Crippen LogP contribution in [0.4, 0.5) is 0 Å². The molecule has 0 unspecified atom stereocenters. The summed E-state index contributed by atoms with van der Waals surface area (Å²) in [7, 11) is 0. The molecular weight excluding hydrogens is 210 g/mol. The van der Waals surface area contributed by atoms with Crippen LogP contribution in [-0.2, 0) is 12.0 Å². The quantitative estimate of drug-likeness (QED) is 0.806. The molecule has 17 heavy (non-hydrogen) atoms. The highest BCUT2D eigenvalue weighted by Gasteiger charge is 2.39. The number of aryl methyl sites for hydroxylation is 1. The van der Waals surface area contributed by atoms with Crippen molar-refractivity contribution in [3.63, 3.8) is 0 Å². The van der Waals surface area contributed by atoms with Crippen LogP contribution in [0.2, 0.25) is 0 Å². The molecule has 1 aromatic rings. The van der Waals surface area contributed by atoms with E-state index in [1.54, 1.807) is 0 Å². The Kier molecular flexibility index (Phi) is 2.27. The lowest BCUT2D eigenvalue weighted by Crippen LogP contribution is -2.45. The molecule has 0 amide bonds. The van der Waals surface area contributed by atoms with Crippen molar-refractivity contribution in [2.45, 2.75) is 57.1 Å². The molecule has 0 spiro atoms. The maximum Gasteiger partial charge on any atom is 0.128 e. The number of para-hydroxylation sites is 1. The van der Waals surface area contributed by atoms with Crippen LogP contribution in [-0.4, -0.2) is 5.60 Å². The van der Waals surface area contributed by atoms with E-state index in [1.165, 1.54) is 17.5 Å². The summed E-state index contributed by atoms with van der Waals surface area (Å²) in [6.07, 6.45) is 5.61. The van der Waals surface area contributed by atoms with Crippen molar-refractivity contribution in [1.82, 2.24) is 0 Å². The van der Waals surface area contributed by atoms with E-state index >= 15 is 0 Å². The zero-order chi connectivity index (χ0) is 12.1. The van der Waals surface area contributed by atoms with Crippen molar-refractivity contribution >= 4 is 0 Å². The van der Waals surface area contributed by atoms with E-state index in [0.29, 0.717) is 0 Å². The van der Waals surface area contributed by atoms with Crippen LogP contribution < -0.4 is 10.5 Å². The molecule has 0 bridgehead atoms. The van der Waals surface area contributed by atoms with Gasteiger partial charge < -0.3 is 10.5 Å². The van der Waals surface area contributed by atoms with E-state index in [-0.39, 0.29) is 11.1 Å². The number of benzene rings is 1. The van der Waals surface area contributed by atoms with Crippen LogP contribution in [0.3, 0.4) is 0 Å². The molecule has 1 aliphatic carbocycles. The van der Waals surface area contributed by atoms with Gasteiger partial charge in [0.15, 0.2) is 0 Å². The minimum Gasteiger partial charge on any atom is -0.487 e. The van der Waals surface area contributed by atoms with Gasteiger partial charge in [0, 0.05) is 11.1 Å². The average molecular weight is 231 g/mol. The van der Waals surface area contributed by atoms with E-state index in [2.05, 4.69) is 32.0 Å². The fraction of sp³-hybridized carbons (Fsp3) is 0.600. The van der Waals surface area contributed by atoms with Gasteiger partial charge in [-0.05, 0) is 51.5 Å². The highest BCUT2D eigenvalue weighted by molar-refractivity contribution is 5.48. The lowest BCUT2D eigenvalue weighted by atomic mass is 9.71. The SMILES string of the molecule is CC1(C)CCc2cccc(C3(N)CCC3)c2O1. The number of nitrogens with two attached hydrogens (primary N) is 1. The maximum absolute atomic E-state index is 6.46. The van der Waals surface area contributed by atoms with Gasteiger partial charge in [-0.15, -0.1) is 0 Å². The average Bonchev–Trinajstić information content (AvgIpc) is 2.24. The van der Waals surface area contributed by atoms with E-state index < -0.39 is 0 Å². The Morgan fingerprint density at radius 2 is 1.94 bits per heavy atom. The van der Waals surface area contributed by atoms with Gasteiger partial charge in [-0.25, -0.2) is 0 Å². The second-order valence-corrected chi connectivity index (χ2v) is 6.17. The summed E-state index contributed by atoms with van der Waals surface area (Å²) >= 11 is 0. The first-order valence-corrected chi connectivity index (χ1v) is 6.61. The first-order valence-electron chi connectivity index (χ1n) is 6.61. The lowest BCUT2D eigenvalue weighted by molar-refractivity contribution is 0.0788. The molecule has 2 N–H and O–H groups in total. The summed E-state index contributed by atoms with van der Waals surface area (Å²) < 4.78 is 6.19. The van der Waals surface area contributed by atoms with Crippen LogP contribution in [0.1, 0.15) is 50.7 Å². The Labute approximate surface area is 103 Å². The maximum atomic E-state index is 6.46. The van der Waals surface area contributed by atoms with Crippen molar-refractivity contribution < 1.29 is 4.74 Å². The molecule has 92 valence electrons. The minimum atomic E-state index is -0.126. The summed E-state index contributed by atoms with van der Waals surface area (Å²) in [5.74, 6) is 1.07. The largest absolute Gasteiger partial charge is 0.487 e. The number of hydrogen-bond acceptors (Lipinski definition) is 2. The van der Waals surface area contributed by atoms with E-state index in [0.717, 1.165) is 31.4 Å². The number of hydrogen-bond donors (Lipinski definition) is 1. The van der Waals surface area contributed by atoms with Gasteiger partial charge in [-0.3, -0.25) is 0 Å². The molecule has 3 rings (SSSR count). The van der Waals surface area contributed by atoms with E-state index in [4.69, 9.17) is 10.5 Å². The summed E-state index contributed by atoms with van der Waals surface area (Å²) in [5, 5.41) is 0. The van der Waals surface area contributed by atoms with Crippen LogP contribution in [0.5, 0.6) is 5.75 Å². The molecule has 1 aromatic carbocycles. The zero-order valence-corrected chi connectivity index (χ0v) is 10.8. The molecule has 1 saturated carbocycles. The Bertz CT molecular complexity index is 446. The normalized spacial score (nSPS) is 24.4. The second kappa shape index (κ2) is 3.49. The van der Waals surface area contributed by atoms with Crippen LogP contribution in [0.15, 0.2) is 18.2 Å². The Balaban J connectivity index is 2.06. The number of fused-ring (bicyclic) bond motifs is 1. The molecule has 1 aliphatic heterocycles. The Hall–Kier alpha value is -1.02. The number of ether oxygens (including phenoxy) is 1. The van der Waals surface area contributed by atoms with Gasteiger partial charge in [0.2, 0.25) is 0 Å². The van der Waals surface area contributed by atoms with E-state index in [1.807, 2.05) is 0 Å². The van der Waals surface area contributed by atoms with Gasteiger partial charge in [0.25, 0.3) is 0 Å². The molecule has 2 heteroatoms. The monoisotopic (exact) mass is 231 g/mol. The molecule has 2 nitrogen and oxygen atoms in total. The fourth-order valence-electron chi connectivity index (χ4n) is 2.88. The van der Waals surface area contributed by atoms with Crippen LogP contribution in [0.25, 0.3) is 0 Å². The van der Waals surface area contributed by atoms with Crippen molar-refractivity contribution in [3.05, 3.63) is 29.3 Å². The van der Waals surface area contributed by atoms with Gasteiger partial charge in [0.05, 0.1) is 0 Å². The Morgan fingerprint density at radius 3 is 2.59 bits per heavy atom. The highest BCUT2D eigenvalue weighted by atomic mass is 16.5. The highest BCUT2D eigenvalue weighted by Crippen LogP contribution is 2.46. The predicted molar refractivity (Wildman–Crippen MR) is 69.2 cm³/mol. The third-order valence-corrected chi connectivity index (χ3v) is 4.25. The van der Waals surface area contributed by atoms with Crippen molar-refractivity contribution in [1.29, 1.82) is 0 Å². The van der Waals surface area contributed by atoms with Crippen molar-refractivity contribution in [3.8, 4) is 5.75 Å². The summed E-state index contributed by atoms with van der Waals surface area (Å²) in [5.41, 5.74) is 8.84. The first-order chi connectivity index (χ1) is 8.00. The Morgan fingerprint density at radius 1 is 1.18 bits per heavy atom. The summed E-state index contributed by atoms with van der Waals surface area (Å²) in [6, 6.07) is 6.46. The van der Waals surface area contributed by atoms with Gasteiger partial charge in [-0.2, -0.15) is 0 Å². The summed E-state index contributed by atoms with van der Waals surface area (Å²) in [4.78, 5) is 0. The van der Waals surface area contributed by atoms with Crippen molar-refractivity contribution in [2.75, 3.05) is 0 Å². The van der Waals surface area contributed by atoms with Crippen LogP contribution in [0, 0.1) is 0 Å². The second-order valence-electron chi connectivity index (χ2n) is 6.17.